The van der Waals surface area contributed by atoms with Crippen LogP contribution in [0.3, 0.4) is 0 Å². The Morgan fingerprint density at radius 2 is 2.05 bits per heavy atom. The van der Waals surface area contributed by atoms with Gasteiger partial charge >= 0.3 is 0 Å². The lowest BCUT2D eigenvalue weighted by molar-refractivity contribution is -0.885. The average Bonchev–Trinajstić information content (AvgIpc) is 2.41. The third-order valence-electron chi connectivity index (χ3n) is 3.32. The first-order valence-corrected chi connectivity index (χ1v) is 8.23. The fourth-order valence-corrected chi connectivity index (χ4v) is 2.98. The van der Waals surface area contributed by atoms with Gasteiger partial charge in [0.25, 0.3) is 5.91 Å². The van der Waals surface area contributed by atoms with Gasteiger partial charge in [-0.05, 0) is 42.8 Å². The van der Waals surface area contributed by atoms with Crippen LogP contribution in [-0.2, 0) is 11.3 Å². The number of aryl methyl sites for hydroxylation is 1. The lowest BCUT2D eigenvalue weighted by Crippen LogP contribution is -3.08. The molecule has 0 saturated heterocycles. The van der Waals surface area contributed by atoms with E-state index in [1.807, 2.05) is 56.4 Å². The molecule has 22 heavy (non-hydrogen) atoms. The van der Waals surface area contributed by atoms with Gasteiger partial charge < -0.3 is 10.2 Å². The Labute approximate surface area is 144 Å². The third-order valence-corrected chi connectivity index (χ3v) is 4.05. The minimum Gasteiger partial charge on any atom is -0.326 e. The topological polar surface area (TPSA) is 33.5 Å². The van der Waals surface area contributed by atoms with Crippen molar-refractivity contribution in [1.29, 1.82) is 0 Å². The van der Waals surface area contributed by atoms with Crippen molar-refractivity contribution < 1.29 is 9.69 Å². The van der Waals surface area contributed by atoms with Gasteiger partial charge in [0.1, 0.15) is 6.54 Å². The number of hydrogen-bond donors (Lipinski definition) is 2. The molecule has 0 aliphatic heterocycles. The summed E-state index contributed by atoms with van der Waals surface area (Å²) in [4.78, 5) is 13.3. The molecule has 0 aromatic heterocycles. The van der Waals surface area contributed by atoms with E-state index in [2.05, 4.69) is 21.2 Å². The maximum Gasteiger partial charge on any atom is 0.279 e. The Morgan fingerprint density at radius 1 is 1.27 bits per heavy atom. The highest BCUT2D eigenvalue weighted by Crippen LogP contribution is 2.19. The minimum absolute atomic E-state index is 0.00458. The zero-order chi connectivity index (χ0) is 16.1. The van der Waals surface area contributed by atoms with Crippen LogP contribution in [-0.4, -0.2) is 19.5 Å². The van der Waals surface area contributed by atoms with Gasteiger partial charge in [0.2, 0.25) is 0 Å². The molecular formula is C17H19BrClN2O+. The second-order valence-corrected chi connectivity index (χ2v) is 6.80. The number of amides is 1. The largest absolute Gasteiger partial charge is 0.326 e. The van der Waals surface area contributed by atoms with Crippen LogP contribution in [0.4, 0.5) is 5.69 Å². The molecule has 0 bridgehead atoms. The quantitative estimate of drug-likeness (QED) is 0.819. The van der Waals surface area contributed by atoms with Gasteiger partial charge in [0, 0.05) is 20.7 Å². The number of halogens is 2. The number of nitrogens with one attached hydrogen (secondary N) is 2. The lowest BCUT2D eigenvalue weighted by Gasteiger charge is -2.15. The van der Waals surface area contributed by atoms with Crippen LogP contribution in [0.15, 0.2) is 46.9 Å². The summed E-state index contributed by atoms with van der Waals surface area (Å²) in [5.74, 6) is 0.00458. The van der Waals surface area contributed by atoms with Crippen LogP contribution in [0, 0.1) is 6.92 Å². The highest BCUT2D eigenvalue weighted by Gasteiger charge is 2.12. The van der Waals surface area contributed by atoms with E-state index in [1.165, 1.54) is 0 Å². The second-order valence-electron chi connectivity index (χ2n) is 5.45. The van der Waals surface area contributed by atoms with Crippen molar-refractivity contribution in [2.24, 2.45) is 0 Å². The number of carbonyl (C=O) groups excluding carboxylic acids is 1. The highest BCUT2D eigenvalue weighted by molar-refractivity contribution is 9.10. The summed E-state index contributed by atoms with van der Waals surface area (Å²) in [6, 6.07) is 13.5. The molecule has 0 aliphatic carbocycles. The summed E-state index contributed by atoms with van der Waals surface area (Å²) in [5, 5.41) is 3.68. The van der Waals surface area contributed by atoms with E-state index in [-0.39, 0.29) is 5.91 Å². The first-order valence-electron chi connectivity index (χ1n) is 7.06. The molecule has 0 radical (unpaired) electrons. The number of carbonyl (C=O) groups is 1. The Morgan fingerprint density at radius 3 is 2.73 bits per heavy atom. The third kappa shape index (κ3) is 5.13. The Bertz CT molecular complexity index is 675. The molecule has 1 unspecified atom stereocenters. The van der Waals surface area contributed by atoms with Crippen LogP contribution in [0.25, 0.3) is 0 Å². The molecule has 116 valence electrons. The van der Waals surface area contributed by atoms with Crippen molar-refractivity contribution in [1.82, 2.24) is 0 Å². The molecule has 2 rings (SSSR count). The molecular weight excluding hydrogens is 364 g/mol. The van der Waals surface area contributed by atoms with E-state index < -0.39 is 0 Å². The number of hydrogen-bond acceptors (Lipinski definition) is 1. The van der Waals surface area contributed by atoms with Crippen molar-refractivity contribution >= 4 is 39.1 Å². The second kappa shape index (κ2) is 7.77. The van der Waals surface area contributed by atoms with Crippen molar-refractivity contribution in [3.63, 3.8) is 0 Å². The summed E-state index contributed by atoms with van der Waals surface area (Å²) in [5.41, 5.74) is 3.01. The van der Waals surface area contributed by atoms with Crippen LogP contribution >= 0.6 is 27.5 Å². The van der Waals surface area contributed by atoms with Crippen molar-refractivity contribution in [3.8, 4) is 0 Å². The molecule has 0 spiro atoms. The molecule has 2 aromatic carbocycles. The zero-order valence-corrected chi connectivity index (χ0v) is 15.0. The summed E-state index contributed by atoms with van der Waals surface area (Å²) in [6.07, 6.45) is 0. The molecule has 0 aliphatic rings. The van der Waals surface area contributed by atoms with Gasteiger partial charge in [-0.2, -0.15) is 0 Å². The fraction of sp³-hybridized carbons (Fsp3) is 0.235. The SMILES string of the molecule is Cc1cc(Br)ccc1NC(=O)C[NH+](C)Cc1cccc(Cl)c1. The van der Waals surface area contributed by atoms with Gasteiger partial charge in [-0.1, -0.05) is 39.7 Å². The van der Waals surface area contributed by atoms with Gasteiger partial charge in [-0.15, -0.1) is 0 Å². The summed E-state index contributed by atoms with van der Waals surface area (Å²) in [7, 11) is 1.99. The molecule has 0 fully saturated rings. The molecule has 2 N–H and O–H groups in total. The maximum atomic E-state index is 12.1. The summed E-state index contributed by atoms with van der Waals surface area (Å²) >= 11 is 9.40. The van der Waals surface area contributed by atoms with Crippen molar-refractivity contribution in [2.75, 3.05) is 18.9 Å². The number of anilines is 1. The highest BCUT2D eigenvalue weighted by atomic mass is 79.9. The van der Waals surface area contributed by atoms with Crippen LogP contribution < -0.4 is 10.2 Å². The van der Waals surface area contributed by atoms with E-state index in [0.717, 1.165) is 37.8 Å². The van der Waals surface area contributed by atoms with Gasteiger partial charge in [-0.3, -0.25) is 4.79 Å². The lowest BCUT2D eigenvalue weighted by atomic mass is 10.2. The van der Waals surface area contributed by atoms with Crippen LogP contribution in [0.2, 0.25) is 5.02 Å². The van der Waals surface area contributed by atoms with E-state index in [9.17, 15) is 4.79 Å². The van der Waals surface area contributed by atoms with Gasteiger partial charge in [0.05, 0.1) is 7.05 Å². The first-order chi connectivity index (χ1) is 10.4. The van der Waals surface area contributed by atoms with E-state index >= 15 is 0 Å². The number of quaternary nitrogens is 1. The minimum atomic E-state index is 0.00458. The van der Waals surface area contributed by atoms with Crippen LogP contribution in [0.1, 0.15) is 11.1 Å². The van der Waals surface area contributed by atoms with Crippen molar-refractivity contribution in [2.45, 2.75) is 13.5 Å². The van der Waals surface area contributed by atoms with Gasteiger partial charge in [-0.25, -0.2) is 0 Å². The molecule has 1 atom stereocenters. The van der Waals surface area contributed by atoms with Crippen molar-refractivity contribution in [3.05, 3.63) is 63.1 Å². The molecule has 3 nitrogen and oxygen atoms in total. The maximum absolute atomic E-state index is 12.1. The number of rotatable bonds is 5. The monoisotopic (exact) mass is 381 g/mol. The Kier molecular flexibility index (Phi) is 6.00. The zero-order valence-electron chi connectivity index (χ0n) is 12.6. The standard InChI is InChI=1S/C17H18BrClN2O/c1-12-8-14(18)6-7-16(12)20-17(22)11-21(2)10-13-4-3-5-15(19)9-13/h3-9H,10-11H2,1-2H3,(H,20,22)/p+1. The molecule has 2 aromatic rings. The first kappa shape index (κ1) is 17.0. The number of benzene rings is 2. The Balaban J connectivity index is 1.91. The molecule has 1 amide bonds. The summed E-state index contributed by atoms with van der Waals surface area (Å²) in [6.45, 7) is 3.14. The molecule has 5 heteroatoms. The van der Waals surface area contributed by atoms with E-state index in [1.54, 1.807) is 0 Å². The van der Waals surface area contributed by atoms with Crippen LogP contribution in [0.5, 0.6) is 0 Å². The Hall–Kier alpha value is -1.36. The van der Waals surface area contributed by atoms with E-state index in [0.29, 0.717) is 6.54 Å². The summed E-state index contributed by atoms with van der Waals surface area (Å²) < 4.78 is 1.01. The van der Waals surface area contributed by atoms with Gasteiger partial charge in [0.15, 0.2) is 6.54 Å². The predicted molar refractivity (Wildman–Crippen MR) is 94.4 cm³/mol. The van der Waals surface area contributed by atoms with E-state index in [4.69, 9.17) is 11.6 Å². The molecule has 0 heterocycles. The number of likely N-dealkylation sites (N-methyl/N-ethyl adjacent to an activating group) is 1. The molecule has 0 saturated carbocycles. The fourth-order valence-electron chi connectivity index (χ4n) is 2.29. The average molecular weight is 383 g/mol. The predicted octanol–water partition coefficient (Wildman–Crippen LogP) is 3.06. The normalized spacial score (nSPS) is 12.0. The smallest absolute Gasteiger partial charge is 0.279 e.